The van der Waals surface area contributed by atoms with E-state index in [4.69, 9.17) is 0 Å². The van der Waals surface area contributed by atoms with Gasteiger partial charge in [-0.2, -0.15) is 0 Å². The van der Waals surface area contributed by atoms with Crippen LogP contribution in [0.2, 0.25) is 0 Å². The highest BCUT2D eigenvalue weighted by atomic mass is 15.1. The van der Waals surface area contributed by atoms with Gasteiger partial charge in [-0.25, -0.2) is 0 Å². The van der Waals surface area contributed by atoms with Crippen molar-refractivity contribution in [3.05, 3.63) is 199 Å². The first-order valence-corrected chi connectivity index (χ1v) is 22.3. The highest BCUT2D eigenvalue weighted by molar-refractivity contribution is 5.99. The normalized spacial score (nSPS) is 21.8. The van der Waals surface area contributed by atoms with Crippen LogP contribution in [0.15, 0.2) is 182 Å². The Kier molecular flexibility index (Phi) is 8.15. The number of fused-ring (bicyclic) bond motifs is 4. The van der Waals surface area contributed by atoms with E-state index in [1.54, 1.807) is 5.56 Å². The van der Waals surface area contributed by atoms with Crippen LogP contribution in [0.5, 0.6) is 0 Å². The third-order valence-electron chi connectivity index (χ3n) is 15.2. The van der Waals surface area contributed by atoms with Crippen LogP contribution in [0.25, 0.3) is 55.3 Å². The molecule has 0 spiro atoms. The Bertz CT molecular complexity index is 2890. The van der Waals surface area contributed by atoms with Gasteiger partial charge in [-0.15, -0.1) is 0 Å². The van der Waals surface area contributed by atoms with Gasteiger partial charge in [-0.3, -0.25) is 0 Å². The van der Waals surface area contributed by atoms with Crippen molar-refractivity contribution >= 4 is 27.8 Å². The predicted molar refractivity (Wildman–Crippen MR) is 252 cm³/mol. The number of hydrogen-bond donors (Lipinski definition) is 0. The summed E-state index contributed by atoms with van der Waals surface area (Å²) in [5, 5.41) is 2.53. The van der Waals surface area contributed by atoms with E-state index in [0.29, 0.717) is 5.41 Å². The maximum absolute atomic E-state index is 2.52. The first-order valence-electron chi connectivity index (χ1n) is 22.3. The number of rotatable bonds is 7. The molecule has 8 aromatic carbocycles. The summed E-state index contributed by atoms with van der Waals surface area (Å²) in [5.41, 5.74) is 18.2. The summed E-state index contributed by atoms with van der Waals surface area (Å²) in [6.45, 7) is 4.77. The Morgan fingerprint density at radius 2 is 1.03 bits per heavy atom. The fourth-order valence-corrected chi connectivity index (χ4v) is 12.8. The van der Waals surface area contributed by atoms with Crippen molar-refractivity contribution in [1.29, 1.82) is 0 Å². The van der Waals surface area contributed by atoms with Crippen LogP contribution in [0.1, 0.15) is 69.1 Å². The van der Waals surface area contributed by atoms with Crippen LogP contribution in [0, 0.1) is 17.8 Å². The SMILES string of the molecule is CC1(C)c2ccccc2-c2ccc(N(c3cccc(-c4ccc(C56CC7CC(CC(C7)C5)C6)cc4)c3)c3ccc(-c4cccc5ccccc45)cc3-c3ccccc3)cc21. The second-order valence-electron chi connectivity index (χ2n) is 19.2. The van der Waals surface area contributed by atoms with Gasteiger partial charge in [0.25, 0.3) is 0 Å². The number of nitrogens with zero attached hydrogens (tertiary/aromatic N) is 1. The van der Waals surface area contributed by atoms with Gasteiger partial charge >= 0.3 is 0 Å². The van der Waals surface area contributed by atoms with Crippen molar-refractivity contribution in [1.82, 2.24) is 0 Å². The van der Waals surface area contributed by atoms with Crippen molar-refractivity contribution in [2.75, 3.05) is 4.90 Å². The fourth-order valence-electron chi connectivity index (χ4n) is 12.8. The van der Waals surface area contributed by atoms with Crippen LogP contribution < -0.4 is 4.90 Å². The van der Waals surface area contributed by atoms with Gasteiger partial charge < -0.3 is 4.90 Å². The predicted octanol–water partition coefficient (Wildman–Crippen LogP) is 16.1. The van der Waals surface area contributed by atoms with Crippen molar-refractivity contribution in [3.8, 4) is 44.5 Å². The molecular weight excluding hydrogens is 723 g/mol. The summed E-state index contributed by atoms with van der Waals surface area (Å²) in [6.07, 6.45) is 8.63. The molecule has 0 aromatic heterocycles. The minimum atomic E-state index is -0.117. The van der Waals surface area contributed by atoms with Gasteiger partial charge in [-0.1, -0.05) is 159 Å². The van der Waals surface area contributed by atoms with E-state index in [9.17, 15) is 0 Å². The first kappa shape index (κ1) is 35.7. The average Bonchev–Trinajstić information content (AvgIpc) is 3.51. The second kappa shape index (κ2) is 13.7. The molecule has 1 nitrogen and oxygen atoms in total. The van der Waals surface area contributed by atoms with Gasteiger partial charge in [0.1, 0.15) is 0 Å². The van der Waals surface area contributed by atoms with Gasteiger partial charge in [0.05, 0.1) is 5.69 Å². The zero-order chi connectivity index (χ0) is 40.0. The van der Waals surface area contributed by atoms with E-state index in [1.807, 2.05) is 0 Å². The summed E-state index contributed by atoms with van der Waals surface area (Å²) in [7, 11) is 0. The second-order valence-corrected chi connectivity index (χ2v) is 19.2. The highest BCUT2D eigenvalue weighted by Gasteiger charge is 2.51. The Hall–Kier alpha value is -6.18. The topological polar surface area (TPSA) is 3.24 Å². The van der Waals surface area contributed by atoms with E-state index < -0.39 is 0 Å². The number of hydrogen-bond acceptors (Lipinski definition) is 1. The van der Waals surface area contributed by atoms with Crippen molar-refractivity contribution in [2.24, 2.45) is 17.8 Å². The highest BCUT2D eigenvalue weighted by Crippen LogP contribution is 2.61. The lowest BCUT2D eigenvalue weighted by Gasteiger charge is -2.57. The van der Waals surface area contributed by atoms with Crippen molar-refractivity contribution in [3.63, 3.8) is 0 Å². The lowest BCUT2D eigenvalue weighted by molar-refractivity contribution is -0.00518. The molecule has 0 saturated heterocycles. The first-order chi connectivity index (χ1) is 29.4. The maximum atomic E-state index is 2.52. The molecule has 0 heterocycles. The summed E-state index contributed by atoms with van der Waals surface area (Å²) < 4.78 is 0. The molecule has 0 unspecified atom stereocenters. The summed E-state index contributed by atoms with van der Waals surface area (Å²) in [5.74, 6) is 2.83. The van der Waals surface area contributed by atoms with Crippen LogP contribution in [-0.2, 0) is 10.8 Å². The molecule has 4 fully saturated rings. The van der Waals surface area contributed by atoms with Crippen molar-refractivity contribution < 1.29 is 0 Å². The minimum absolute atomic E-state index is 0.117. The quantitative estimate of drug-likeness (QED) is 0.156. The van der Waals surface area contributed by atoms with Crippen LogP contribution >= 0.6 is 0 Å². The Balaban J connectivity index is 1.01. The molecule has 1 heteroatoms. The molecule has 0 N–H and O–H groups in total. The monoisotopic (exact) mass is 773 g/mol. The van der Waals surface area contributed by atoms with Gasteiger partial charge in [0.2, 0.25) is 0 Å². The van der Waals surface area contributed by atoms with E-state index >= 15 is 0 Å². The zero-order valence-corrected chi connectivity index (χ0v) is 34.7. The summed E-state index contributed by atoms with van der Waals surface area (Å²) in [6, 6.07) is 68.7. The molecule has 13 rings (SSSR count). The number of anilines is 3. The van der Waals surface area contributed by atoms with E-state index in [-0.39, 0.29) is 5.41 Å². The van der Waals surface area contributed by atoms with E-state index in [1.165, 1.54) is 111 Å². The van der Waals surface area contributed by atoms with E-state index in [2.05, 4.69) is 201 Å². The standard InChI is InChI=1S/C59H51N/c1-58(2)55-21-9-8-19-52(55)53-28-27-49(35-56(53)58)60(57-29-24-46(34-54(57)44-12-4-3-5-13-44)51-20-11-15-43-14-6-7-18-50(43)51)48-17-10-16-45(33-48)42-22-25-47(26-23-42)59-36-39-30-40(37-59)32-41(31-39)38-59/h3-29,33-35,39-41H,30-32,36-38H2,1-2H3. The molecule has 4 saturated carbocycles. The lowest BCUT2D eigenvalue weighted by Crippen LogP contribution is -2.48. The van der Waals surface area contributed by atoms with Gasteiger partial charge in [-0.05, 0) is 164 Å². The molecule has 4 bridgehead atoms. The Labute approximate surface area is 355 Å². The third kappa shape index (κ3) is 5.73. The largest absolute Gasteiger partial charge is 0.310 e. The molecule has 60 heavy (non-hydrogen) atoms. The fraction of sp³-hybridized carbons (Fsp3) is 0.220. The lowest BCUT2D eigenvalue weighted by atomic mass is 9.48. The molecule has 0 amide bonds. The molecule has 5 aliphatic rings. The number of benzene rings is 8. The minimum Gasteiger partial charge on any atom is -0.310 e. The zero-order valence-electron chi connectivity index (χ0n) is 34.7. The third-order valence-corrected chi connectivity index (χ3v) is 15.2. The molecule has 0 radical (unpaired) electrons. The molecule has 8 aromatic rings. The smallest absolute Gasteiger partial charge is 0.0540 e. The van der Waals surface area contributed by atoms with Gasteiger partial charge in [0.15, 0.2) is 0 Å². The van der Waals surface area contributed by atoms with Crippen LogP contribution in [0.4, 0.5) is 17.1 Å². The van der Waals surface area contributed by atoms with Crippen molar-refractivity contribution in [2.45, 2.75) is 63.2 Å². The maximum Gasteiger partial charge on any atom is 0.0540 e. The van der Waals surface area contributed by atoms with Gasteiger partial charge in [0, 0.05) is 22.4 Å². The summed E-state index contributed by atoms with van der Waals surface area (Å²) in [4.78, 5) is 2.52. The average molecular weight is 774 g/mol. The molecule has 0 aliphatic heterocycles. The van der Waals surface area contributed by atoms with Crippen LogP contribution in [-0.4, -0.2) is 0 Å². The van der Waals surface area contributed by atoms with E-state index in [0.717, 1.165) is 29.1 Å². The molecule has 5 aliphatic carbocycles. The molecule has 292 valence electrons. The Morgan fingerprint density at radius 1 is 0.417 bits per heavy atom. The Morgan fingerprint density at radius 3 is 1.83 bits per heavy atom. The summed E-state index contributed by atoms with van der Waals surface area (Å²) >= 11 is 0. The molecule has 0 atom stereocenters. The molecular formula is C59H51N. The van der Waals surface area contributed by atoms with Crippen LogP contribution in [0.3, 0.4) is 0 Å².